The molecule has 0 saturated carbocycles. The summed E-state index contributed by atoms with van der Waals surface area (Å²) in [7, 11) is 1.47. The quantitative estimate of drug-likeness (QED) is 0.0218. The molecule has 0 aliphatic rings. The first-order valence-corrected chi connectivity index (χ1v) is 22.6. The Morgan fingerprint density at radius 2 is 1.04 bits per heavy atom. The van der Waals surface area contributed by atoms with E-state index < -0.39 is 26.5 Å². The van der Waals surface area contributed by atoms with E-state index in [0.29, 0.717) is 23.9 Å². The molecule has 0 radical (unpaired) electrons. The average Bonchev–Trinajstić information content (AvgIpc) is 3.09. The van der Waals surface area contributed by atoms with E-state index in [0.717, 1.165) is 51.4 Å². The van der Waals surface area contributed by atoms with Gasteiger partial charge in [-0.1, -0.05) is 147 Å². The summed E-state index contributed by atoms with van der Waals surface area (Å²) in [5, 5.41) is 0. The number of quaternary nitrogens is 1. The van der Waals surface area contributed by atoms with E-state index in [1.807, 2.05) is 21.1 Å². The summed E-state index contributed by atoms with van der Waals surface area (Å²) in [4.78, 5) is 35.2. The second-order valence-corrected chi connectivity index (χ2v) is 16.8. The largest absolute Gasteiger partial charge is 0.472 e. The van der Waals surface area contributed by atoms with Gasteiger partial charge in [0.1, 0.15) is 19.8 Å². The molecule has 1 unspecified atom stereocenters. The first-order chi connectivity index (χ1) is 25.0. The van der Waals surface area contributed by atoms with Crippen molar-refractivity contribution < 1.29 is 42.1 Å². The zero-order valence-electron chi connectivity index (χ0n) is 34.3. The number of carbonyl (C=O) groups excluding carboxylic acids is 2. The number of nitrogens with zero attached hydrogens (tertiary/aromatic N) is 1. The normalized spacial score (nSPS) is 13.9. The van der Waals surface area contributed by atoms with Crippen LogP contribution in [0, 0.1) is 0 Å². The van der Waals surface area contributed by atoms with Crippen LogP contribution in [0.25, 0.3) is 0 Å². The second-order valence-electron chi connectivity index (χ2n) is 15.4. The highest BCUT2D eigenvalue weighted by Gasteiger charge is 2.27. The number of esters is 2. The van der Waals surface area contributed by atoms with Gasteiger partial charge in [0.15, 0.2) is 6.10 Å². The SMILES string of the molecule is CCCCC/C=C/C/C=C/CCCCCCCCCC(=O)O[C@H](COC(=O)CCCCCCCCCCCCC)COP(=O)(O)OCC[N+](C)(C)C. The van der Waals surface area contributed by atoms with Gasteiger partial charge in [0, 0.05) is 12.8 Å². The maximum atomic E-state index is 12.7. The summed E-state index contributed by atoms with van der Waals surface area (Å²) in [5.41, 5.74) is 0. The second kappa shape index (κ2) is 35.2. The van der Waals surface area contributed by atoms with Crippen molar-refractivity contribution in [1.82, 2.24) is 0 Å². The number of unbranched alkanes of at least 4 members (excludes halogenated alkanes) is 20. The van der Waals surface area contributed by atoms with E-state index in [1.54, 1.807) is 0 Å². The van der Waals surface area contributed by atoms with Crippen molar-refractivity contribution in [3.63, 3.8) is 0 Å². The van der Waals surface area contributed by atoms with E-state index in [1.165, 1.54) is 96.3 Å². The Morgan fingerprint density at radius 1 is 0.596 bits per heavy atom. The average molecular weight is 759 g/mol. The van der Waals surface area contributed by atoms with E-state index in [4.69, 9.17) is 18.5 Å². The fraction of sp³-hybridized carbons (Fsp3) is 0.857. The van der Waals surface area contributed by atoms with Gasteiger partial charge in [-0.15, -0.1) is 0 Å². The number of likely N-dealkylation sites (N-methyl/N-ethyl adjacent to an activating group) is 1. The van der Waals surface area contributed by atoms with Crippen LogP contribution < -0.4 is 0 Å². The van der Waals surface area contributed by atoms with Crippen molar-refractivity contribution in [3.05, 3.63) is 24.3 Å². The molecule has 52 heavy (non-hydrogen) atoms. The van der Waals surface area contributed by atoms with Gasteiger partial charge in [-0.25, -0.2) is 4.57 Å². The predicted octanol–water partition coefficient (Wildman–Crippen LogP) is 11.6. The molecule has 2 atom stereocenters. The number of rotatable bonds is 38. The third-order valence-corrected chi connectivity index (χ3v) is 9.97. The Kier molecular flexibility index (Phi) is 34.2. The highest BCUT2D eigenvalue weighted by Crippen LogP contribution is 2.43. The van der Waals surface area contributed by atoms with E-state index in [2.05, 4.69) is 38.2 Å². The molecule has 306 valence electrons. The number of phosphoric ester groups is 1. The van der Waals surface area contributed by atoms with Crippen molar-refractivity contribution >= 4 is 19.8 Å². The molecule has 0 spiro atoms. The molecule has 0 rings (SSSR count). The fourth-order valence-corrected chi connectivity index (χ4v) is 6.37. The molecule has 9 nitrogen and oxygen atoms in total. The number of allylic oxidation sites excluding steroid dienone is 4. The van der Waals surface area contributed by atoms with Crippen LogP contribution in [0.2, 0.25) is 0 Å². The number of hydrogen-bond donors (Lipinski definition) is 1. The van der Waals surface area contributed by atoms with Crippen LogP contribution in [-0.4, -0.2) is 74.9 Å². The molecule has 0 aromatic heterocycles. The molecule has 10 heteroatoms. The zero-order chi connectivity index (χ0) is 38.6. The smallest absolute Gasteiger partial charge is 0.462 e. The maximum absolute atomic E-state index is 12.7. The number of hydrogen-bond acceptors (Lipinski definition) is 7. The minimum absolute atomic E-state index is 0.0316. The van der Waals surface area contributed by atoms with Gasteiger partial charge in [-0.05, 0) is 44.9 Å². The number of phosphoric acid groups is 1. The molecular formula is C42H81NO8P+. The van der Waals surface area contributed by atoms with Gasteiger partial charge in [0.2, 0.25) is 0 Å². The Balaban J connectivity index is 4.38. The van der Waals surface area contributed by atoms with Gasteiger partial charge < -0.3 is 18.9 Å². The van der Waals surface area contributed by atoms with Crippen LogP contribution in [0.3, 0.4) is 0 Å². The minimum atomic E-state index is -4.37. The molecule has 0 aromatic rings. The molecule has 0 heterocycles. The molecule has 1 N–H and O–H groups in total. The molecule has 0 amide bonds. The first kappa shape index (κ1) is 50.5. The summed E-state index contributed by atoms with van der Waals surface area (Å²) in [6, 6.07) is 0. The van der Waals surface area contributed by atoms with Crippen LogP contribution >= 0.6 is 7.82 Å². The Hall–Kier alpha value is -1.51. The highest BCUT2D eigenvalue weighted by atomic mass is 31.2. The van der Waals surface area contributed by atoms with E-state index in [9.17, 15) is 19.0 Å². The lowest BCUT2D eigenvalue weighted by atomic mass is 10.1. The van der Waals surface area contributed by atoms with Crippen LogP contribution in [0.5, 0.6) is 0 Å². The zero-order valence-corrected chi connectivity index (χ0v) is 35.2. The molecule has 0 aliphatic carbocycles. The highest BCUT2D eigenvalue weighted by molar-refractivity contribution is 7.47. The van der Waals surface area contributed by atoms with Crippen LogP contribution in [0.15, 0.2) is 24.3 Å². The summed E-state index contributed by atoms with van der Waals surface area (Å²) in [5.74, 6) is -0.805. The molecule has 0 saturated heterocycles. The lowest BCUT2D eigenvalue weighted by Crippen LogP contribution is -2.37. The van der Waals surface area contributed by atoms with Crippen molar-refractivity contribution in [2.75, 3.05) is 47.5 Å². The van der Waals surface area contributed by atoms with Crippen LogP contribution in [-0.2, 0) is 32.7 Å². The maximum Gasteiger partial charge on any atom is 0.472 e. The fourth-order valence-electron chi connectivity index (χ4n) is 5.63. The first-order valence-electron chi connectivity index (χ1n) is 21.1. The number of ether oxygens (including phenoxy) is 2. The molecule has 0 aromatic carbocycles. The van der Waals surface area contributed by atoms with Crippen molar-refractivity contribution in [1.29, 1.82) is 0 Å². The van der Waals surface area contributed by atoms with Gasteiger partial charge in [0.25, 0.3) is 0 Å². The van der Waals surface area contributed by atoms with Crippen molar-refractivity contribution in [3.8, 4) is 0 Å². The third kappa shape index (κ3) is 38.2. The van der Waals surface area contributed by atoms with E-state index in [-0.39, 0.29) is 25.6 Å². The molecule has 0 fully saturated rings. The lowest BCUT2D eigenvalue weighted by molar-refractivity contribution is -0.870. The lowest BCUT2D eigenvalue weighted by Gasteiger charge is -2.24. The summed E-state index contributed by atoms with van der Waals surface area (Å²) >= 11 is 0. The van der Waals surface area contributed by atoms with Gasteiger partial charge in [-0.2, -0.15) is 0 Å². The van der Waals surface area contributed by atoms with Gasteiger partial charge >= 0.3 is 19.8 Å². The topological polar surface area (TPSA) is 108 Å². The molecule has 0 aliphatic heterocycles. The van der Waals surface area contributed by atoms with Crippen LogP contribution in [0.4, 0.5) is 0 Å². The predicted molar refractivity (Wildman–Crippen MR) is 215 cm³/mol. The molecular weight excluding hydrogens is 677 g/mol. The summed E-state index contributed by atoms with van der Waals surface area (Å²) in [6.07, 6.45) is 36.4. The minimum Gasteiger partial charge on any atom is -0.462 e. The summed E-state index contributed by atoms with van der Waals surface area (Å²) < 4.78 is 34.2. The van der Waals surface area contributed by atoms with Gasteiger partial charge in [0.05, 0.1) is 27.7 Å². The Morgan fingerprint density at radius 3 is 1.56 bits per heavy atom. The number of carbonyl (C=O) groups is 2. The van der Waals surface area contributed by atoms with Crippen molar-refractivity contribution in [2.45, 2.75) is 187 Å². The van der Waals surface area contributed by atoms with Gasteiger partial charge in [-0.3, -0.25) is 18.6 Å². The Bertz CT molecular complexity index is 949. The Labute approximate surface area is 319 Å². The van der Waals surface area contributed by atoms with E-state index >= 15 is 0 Å². The summed E-state index contributed by atoms with van der Waals surface area (Å²) in [6.45, 7) is 4.38. The standard InChI is InChI=1S/C42H80NO8P/c1-6-8-10-12-14-16-18-19-20-21-22-23-25-27-29-31-33-35-42(45)51-40(39-50-52(46,47)49-37-36-43(3,4)5)38-48-41(44)34-32-30-28-26-24-17-15-13-11-9-7-2/h14,16,19-20,40H,6-13,15,17-18,21-39H2,1-5H3/p+1/b16-14+,20-19+/t40-/m1/s1. The van der Waals surface area contributed by atoms with Crippen molar-refractivity contribution in [2.24, 2.45) is 0 Å². The monoisotopic (exact) mass is 759 g/mol. The third-order valence-electron chi connectivity index (χ3n) is 8.98. The van der Waals surface area contributed by atoms with Crippen LogP contribution in [0.1, 0.15) is 181 Å². The molecule has 0 bridgehead atoms.